The normalized spacial score (nSPS) is 32.4. The number of ether oxygens (including phenoxy) is 2. The predicted octanol–water partition coefficient (Wildman–Crippen LogP) is 0.727. The van der Waals surface area contributed by atoms with Crippen LogP contribution in [0.4, 0.5) is 0 Å². The van der Waals surface area contributed by atoms with Gasteiger partial charge in [0.15, 0.2) is 6.10 Å². The van der Waals surface area contributed by atoms with Crippen LogP contribution in [0.2, 0.25) is 0 Å². The highest BCUT2D eigenvalue weighted by Crippen LogP contribution is 2.16. The monoisotopic (exact) mass is 144 g/mol. The van der Waals surface area contributed by atoms with E-state index in [1.54, 1.807) is 0 Å². The van der Waals surface area contributed by atoms with E-state index in [1.165, 1.54) is 0 Å². The highest BCUT2D eigenvalue weighted by atomic mass is 16.6. The van der Waals surface area contributed by atoms with Gasteiger partial charge in [-0.1, -0.05) is 0 Å². The standard InChI is InChI=1S/C7H12O3/c1-3-9-6-4-5(2)10-7(6)8/h5-6H,3-4H2,1-2H3/t5-,6-/m1/s1. The number of hydrogen-bond acceptors (Lipinski definition) is 3. The molecule has 1 aliphatic rings. The van der Waals surface area contributed by atoms with Crippen molar-refractivity contribution in [1.29, 1.82) is 0 Å². The zero-order valence-electron chi connectivity index (χ0n) is 6.29. The summed E-state index contributed by atoms with van der Waals surface area (Å²) in [5.41, 5.74) is 0. The van der Waals surface area contributed by atoms with Gasteiger partial charge in [-0.15, -0.1) is 0 Å². The number of rotatable bonds is 2. The fourth-order valence-corrected chi connectivity index (χ4v) is 1.06. The lowest BCUT2D eigenvalue weighted by molar-refractivity contribution is -0.149. The molecule has 0 amide bonds. The predicted molar refractivity (Wildman–Crippen MR) is 35.6 cm³/mol. The van der Waals surface area contributed by atoms with Crippen molar-refractivity contribution in [3.05, 3.63) is 0 Å². The first-order chi connectivity index (χ1) is 4.74. The summed E-state index contributed by atoms with van der Waals surface area (Å²) in [5, 5.41) is 0. The Kier molecular flexibility index (Phi) is 2.27. The highest BCUT2D eigenvalue weighted by Gasteiger charge is 2.31. The Morgan fingerprint density at radius 3 is 2.90 bits per heavy atom. The average Bonchev–Trinajstić information content (AvgIpc) is 2.13. The van der Waals surface area contributed by atoms with Gasteiger partial charge in [-0.25, -0.2) is 4.79 Å². The van der Waals surface area contributed by atoms with E-state index in [1.807, 2.05) is 13.8 Å². The summed E-state index contributed by atoms with van der Waals surface area (Å²) >= 11 is 0. The quantitative estimate of drug-likeness (QED) is 0.536. The van der Waals surface area contributed by atoms with Gasteiger partial charge in [0.25, 0.3) is 0 Å². The number of hydrogen-bond donors (Lipinski definition) is 0. The van der Waals surface area contributed by atoms with Crippen molar-refractivity contribution in [3.63, 3.8) is 0 Å². The van der Waals surface area contributed by atoms with Crippen LogP contribution >= 0.6 is 0 Å². The van der Waals surface area contributed by atoms with Crippen LogP contribution in [0, 0.1) is 0 Å². The molecule has 0 bridgehead atoms. The third-order valence-electron chi connectivity index (χ3n) is 1.49. The Hall–Kier alpha value is -0.570. The molecule has 1 saturated heterocycles. The van der Waals surface area contributed by atoms with E-state index in [2.05, 4.69) is 0 Å². The van der Waals surface area contributed by atoms with Crippen LogP contribution in [0.25, 0.3) is 0 Å². The van der Waals surface area contributed by atoms with Gasteiger partial charge in [-0.05, 0) is 13.8 Å². The van der Waals surface area contributed by atoms with Gasteiger partial charge in [0.2, 0.25) is 0 Å². The molecule has 1 fully saturated rings. The lowest BCUT2D eigenvalue weighted by Crippen LogP contribution is -2.17. The molecular formula is C7H12O3. The van der Waals surface area contributed by atoms with Crippen molar-refractivity contribution in [1.82, 2.24) is 0 Å². The van der Waals surface area contributed by atoms with Crippen molar-refractivity contribution in [3.8, 4) is 0 Å². The SMILES string of the molecule is CCO[C@@H]1C[C@@H](C)OC1=O. The minimum atomic E-state index is -0.306. The van der Waals surface area contributed by atoms with E-state index < -0.39 is 0 Å². The molecule has 0 N–H and O–H groups in total. The Bertz CT molecular complexity index is 133. The number of carbonyl (C=O) groups is 1. The molecule has 3 nitrogen and oxygen atoms in total. The second-order valence-corrected chi connectivity index (χ2v) is 2.43. The molecule has 0 aromatic heterocycles. The van der Waals surface area contributed by atoms with Gasteiger partial charge >= 0.3 is 5.97 Å². The van der Waals surface area contributed by atoms with Gasteiger partial charge in [0.05, 0.1) is 0 Å². The molecule has 0 spiro atoms. The van der Waals surface area contributed by atoms with Crippen LogP contribution in [0.5, 0.6) is 0 Å². The van der Waals surface area contributed by atoms with Crippen molar-refractivity contribution in [2.75, 3.05) is 6.61 Å². The maximum atomic E-state index is 10.8. The molecule has 10 heavy (non-hydrogen) atoms. The van der Waals surface area contributed by atoms with Gasteiger partial charge in [0, 0.05) is 13.0 Å². The summed E-state index contributed by atoms with van der Waals surface area (Å²) in [6.07, 6.45) is 0.427. The van der Waals surface area contributed by atoms with E-state index in [9.17, 15) is 4.79 Å². The van der Waals surface area contributed by atoms with E-state index >= 15 is 0 Å². The second-order valence-electron chi connectivity index (χ2n) is 2.43. The summed E-state index contributed by atoms with van der Waals surface area (Å²) < 4.78 is 9.97. The molecule has 3 heteroatoms. The molecule has 1 aliphatic heterocycles. The summed E-state index contributed by atoms with van der Waals surface area (Å²) in [4.78, 5) is 10.8. The topological polar surface area (TPSA) is 35.5 Å². The van der Waals surface area contributed by atoms with Crippen molar-refractivity contribution in [2.45, 2.75) is 32.5 Å². The van der Waals surface area contributed by atoms with Gasteiger partial charge in [0.1, 0.15) is 6.10 Å². The van der Waals surface area contributed by atoms with Gasteiger partial charge < -0.3 is 9.47 Å². The van der Waals surface area contributed by atoms with E-state index in [4.69, 9.17) is 9.47 Å². The maximum absolute atomic E-state index is 10.8. The third kappa shape index (κ3) is 1.48. The minimum Gasteiger partial charge on any atom is -0.461 e. The Labute approximate surface area is 60.3 Å². The molecule has 2 atom stereocenters. The molecule has 58 valence electrons. The minimum absolute atomic E-state index is 0.0315. The van der Waals surface area contributed by atoms with Crippen molar-refractivity contribution in [2.24, 2.45) is 0 Å². The Morgan fingerprint density at radius 1 is 1.80 bits per heavy atom. The average molecular weight is 144 g/mol. The lowest BCUT2D eigenvalue weighted by atomic mass is 10.2. The van der Waals surface area contributed by atoms with Crippen LogP contribution in [-0.4, -0.2) is 24.8 Å². The Morgan fingerprint density at radius 2 is 2.50 bits per heavy atom. The van der Waals surface area contributed by atoms with Gasteiger partial charge in [-0.3, -0.25) is 0 Å². The van der Waals surface area contributed by atoms with Crippen LogP contribution in [0.1, 0.15) is 20.3 Å². The first kappa shape index (κ1) is 7.54. The summed E-state index contributed by atoms with van der Waals surface area (Å²) in [5.74, 6) is -0.214. The van der Waals surface area contributed by atoms with Crippen LogP contribution in [0.15, 0.2) is 0 Å². The summed E-state index contributed by atoms with van der Waals surface area (Å²) in [6, 6.07) is 0. The van der Waals surface area contributed by atoms with E-state index in [-0.39, 0.29) is 18.2 Å². The van der Waals surface area contributed by atoms with Gasteiger partial charge in [-0.2, -0.15) is 0 Å². The fraction of sp³-hybridized carbons (Fsp3) is 0.857. The third-order valence-corrected chi connectivity index (χ3v) is 1.49. The highest BCUT2D eigenvalue weighted by molar-refractivity contribution is 5.76. The zero-order chi connectivity index (χ0) is 7.56. The smallest absolute Gasteiger partial charge is 0.335 e. The second kappa shape index (κ2) is 3.01. The first-order valence-electron chi connectivity index (χ1n) is 3.56. The van der Waals surface area contributed by atoms with E-state index in [0.29, 0.717) is 13.0 Å². The van der Waals surface area contributed by atoms with Crippen LogP contribution in [0.3, 0.4) is 0 Å². The molecule has 1 rings (SSSR count). The van der Waals surface area contributed by atoms with Crippen LogP contribution in [-0.2, 0) is 14.3 Å². The molecule has 0 aliphatic carbocycles. The number of cyclic esters (lactones) is 1. The molecule has 0 aromatic carbocycles. The molecule has 0 aromatic rings. The summed E-state index contributed by atoms with van der Waals surface area (Å²) in [7, 11) is 0. The molecule has 0 unspecified atom stereocenters. The fourth-order valence-electron chi connectivity index (χ4n) is 1.06. The number of carbonyl (C=O) groups excluding carboxylic acids is 1. The first-order valence-corrected chi connectivity index (χ1v) is 3.56. The molecular weight excluding hydrogens is 132 g/mol. The lowest BCUT2D eigenvalue weighted by Gasteiger charge is -2.02. The molecule has 1 heterocycles. The summed E-state index contributed by atoms with van der Waals surface area (Å²) in [6.45, 7) is 4.32. The largest absolute Gasteiger partial charge is 0.461 e. The molecule has 0 saturated carbocycles. The number of esters is 1. The molecule has 0 radical (unpaired) electrons. The van der Waals surface area contributed by atoms with Crippen LogP contribution < -0.4 is 0 Å². The van der Waals surface area contributed by atoms with Crippen molar-refractivity contribution < 1.29 is 14.3 Å². The maximum Gasteiger partial charge on any atom is 0.335 e. The van der Waals surface area contributed by atoms with Crippen molar-refractivity contribution >= 4 is 5.97 Å². The zero-order valence-corrected chi connectivity index (χ0v) is 6.29. The Balaban J connectivity index is 2.39. The van der Waals surface area contributed by atoms with E-state index in [0.717, 1.165) is 0 Å².